The van der Waals surface area contributed by atoms with Crippen LogP contribution in [0, 0.1) is 5.82 Å². The monoisotopic (exact) mass is 441 g/mol. The third-order valence-electron chi connectivity index (χ3n) is 4.38. The largest absolute Gasteiger partial charge is 0.438 e. The molecule has 4 rings (SSSR count). The minimum atomic E-state index is -0.411. The quantitative estimate of drug-likeness (QED) is 0.446. The highest BCUT2D eigenvalue weighted by Crippen LogP contribution is 2.35. The van der Waals surface area contributed by atoms with Crippen LogP contribution in [-0.4, -0.2) is 30.6 Å². The molecule has 3 heterocycles. The third-order valence-corrected chi connectivity index (χ3v) is 5.71. The predicted octanol–water partition coefficient (Wildman–Crippen LogP) is 4.24. The van der Waals surface area contributed by atoms with Crippen LogP contribution in [0.3, 0.4) is 0 Å². The van der Waals surface area contributed by atoms with Crippen LogP contribution in [0.4, 0.5) is 4.39 Å². The fourth-order valence-corrected chi connectivity index (χ4v) is 4.46. The first-order valence-electron chi connectivity index (χ1n) is 9.07. The molecule has 30 heavy (non-hydrogen) atoms. The van der Waals surface area contributed by atoms with Crippen molar-refractivity contribution in [2.75, 3.05) is 0 Å². The Bertz CT molecular complexity index is 1250. The van der Waals surface area contributed by atoms with Gasteiger partial charge in [0.1, 0.15) is 27.1 Å². The van der Waals surface area contributed by atoms with Crippen LogP contribution in [0.25, 0.3) is 11.7 Å². The Balaban J connectivity index is 1.86. The molecule has 0 N–H and O–H groups in total. The van der Waals surface area contributed by atoms with Gasteiger partial charge in [-0.15, -0.1) is 0 Å². The number of hydrogen-bond donors (Lipinski definition) is 0. The number of halogens is 1. The fourth-order valence-electron chi connectivity index (χ4n) is 2.95. The van der Waals surface area contributed by atoms with Crippen molar-refractivity contribution >= 4 is 45.9 Å². The second-order valence-electron chi connectivity index (χ2n) is 6.77. The van der Waals surface area contributed by atoms with Crippen LogP contribution < -0.4 is 10.3 Å². The Kier molecular flexibility index (Phi) is 5.40. The molecule has 1 fully saturated rings. The number of ether oxygens (including phenoxy) is 1. The van der Waals surface area contributed by atoms with Crippen molar-refractivity contribution in [2.45, 2.75) is 19.9 Å². The van der Waals surface area contributed by atoms with E-state index >= 15 is 0 Å². The maximum atomic E-state index is 13.2. The van der Waals surface area contributed by atoms with E-state index in [-0.39, 0.29) is 23.4 Å². The first-order valence-corrected chi connectivity index (χ1v) is 10.3. The van der Waals surface area contributed by atoms with Gasteiger partial charge in [-0.05, 0) is 56.3 Å². The van der Waals surface area contributed by atoms with Gasteiger partial charge in [-0.2, -0.15) is 4.98 Å². The van der Waals surface area contributed by atoms with Gasteiger partial charge in [-0.1, -0.05) is 30.0 Å². The van der Waals surface area contributed by atoms with Gasteiger partial charge in [0.25, 0.3) is 11.5 Å². The molecule has 6 nitrogen and oxygen atoms in total. The average Bonchev–Trinajstić information content (AvgIpc) is 3.00. The number of thioether (sulfide) groups is 1. The zero-order valence-corrected chi connectivity index (χ0v) is 17.7. The first-order chi connectivity index (χ1) is 14.3. The lowest BCUT2D eigenvalue weighted by Crippen LogP contribution is -2.34. The summed E-state index contributed by atoms with van der Waals surface area (Å²) < 4.78 is 20.8. The van der Waals surface area contributed by atoms with Crippen molar-refractivity contribution in [2.24, 2.45) is 0 Å². The van der Waals surface area contributed by atoms with Crippen molar-refractivity contribution in [1.29, 1.82) is 0 Å². The molecule has 2 aromatic heterocycles. The van der Waals surface area contributed by atoms with E-state index in [9.17, 15) is 14.0 Å². The van der Waals surface area contributed by atoms with Crippen molar-refractivity contribution in [3.05, 3.63) is 75.3 Å². The molecule has 0 saturated carbocycles. The maximum absolute atomic E-state index is 13.2. The molecule has 152 valence electrons. The summed E-state index contributed by atoms with van der Waals surface area (Å²) >= 11 is 6.43. The minimum absolute atomic E-state index is 0.0209. The van der Waals surface area contributed by atoms with Crippen LogP contribution >= 0.6 is 24.0 Å². The molecular formula is C21H16FN3O3S2. The van der Waals surface area contributed by atoms with Crippen LogP contribution in [0.15, 0.2) is 58.4 Å². The molecule has 1 aromatic carbocycles. The summed E-state index contributed by atoms with van der Waals surface area (Å²) in [5.41, 5.74) is 0.0892. The number of fused-ring (bicyclic) bond motifs is 1. The first kappa shape index (κ1) is 20.2. The lowest BCUT2D eigenvalue weighted by Gasteiger charge is -2.18. The topological polar surface area (TPSA) is 63.9 Å². The molecule has 0 spiro atoms. The molecule has 1 amide bonds. The van der Waals surface area contributed by atoms with Gasteiger partial charge >= 0.3 is 0 Å². The molecule has 9 heteroatoms. The van der Waals surface area contributed by atoms with Crippen LogP contribution in [0.5, 0.6) is 11.6 Å². The Morgan fingerprint density at radius 3 is 2.57 bits per heavy atom. The Morgan fingerprint density at radius 2 is 1.90 bits per heavy atom. The Labute approximate surface area is 181 Å². The second kappa shape index (κ2) is 8.00. The predicted molar refractivity (Wildman–Crippen MR) is 118 cm³/mol. The summed E-state index contributed by atoms with van der Waals surface area (Å²) in [6, 6.07) is 10.4. The zero-order chi connectivity index (χ0) is 21.4. The summed E-state index contributed by atoms with van der Waals surface area (Å²) in [5, 5.41) is 0. The number of nitrogens with zero attached hydrogens (tertiary/aromatic N) is 3. The molecular weight excluding hydrogens is 425 g/mol. The summed E-state index contributed by atoms with van der Waals surface area (Å²) in [4.78, 5) is 32.2. The number of aromatic nitrogens is 2. The number of hydrogen-bond acceptors (Lipinski definition) is 6. The average molecular weight is 442 g/mol. The number of carbonyl (C=O) groups excluding carboxylic acids is 1. The zero-order valence-electron chi connectivity index (χ0n) is 16.0. The number of pyridine rings is 1. The Hall–Kier alpha value is -3.04. The molecule has 0 atom stereocenters. The van der Waals surface area contributed by atoms with Crippen LogP contribution in [0.1, 0.15) is 19.4 Å². The molecule has 3 aromatic rings. The normalized spacial score (nSPS) is 15.6. The second-order valence-corrected chi connectivity index (χ2v) is 8.44. The van der Waals surface area contributed by atoms with E-state index in [1.807, 2.05) is 13.8 Å². The van der Waals surface area contributed by atoms with Crippen molar-refractivity contribution in [3.8, 4) is 11.6 Å². The van der Waals surface area contributed by atoms with Gasteiger partial charge in [0.2, 0.25) is 5.88 Å². The van der Waals surface area contributed by atoms with E-state index in [2.05, 4.69) is 4.98 Å². The van der Waals surface area contributed by atoms with E-state index in [0.29, 0.717) is 20.6 Å². The molecule has 0 bridgehead atoms. The van der Waals surface area contributed by atoms with Crippen molar-refractivity contribution in [3.63, 3.8) is 0 Å². The number of carbonyl (C=O) groups is 1. The molecule has 0 aliphatic carbocycles. The number of thiocarbonyl (C=S) groups is 1. The van der Waals surface area contributed by atoms with Crippen molar-refractivity contribution < 1.29 is 13.9 Å². The molecule has 0 unspecified atom stereocenters. The summed E-state index contributed by atoms with van der Waals surface area (Å²) in [7, 11) is 0. The SMILES string of the molecule is CC(C)N1C(=O)/C(=C/c2c(Oc3ccc(F)cc3)nc3ccccn3c2=O)SC1=S. The van der Waals surface area contributed by atoms with E-state index < -0.39 is 11.4 Å². The van der Waals surface area contributed by atoms with Gasteiger partial charge in [0, 0.05) is 12.2 Å². The highest BCUT2D eigenvalue weighted by molar-refractivity contribution is 8.26. The van der Waals surface area contributed by atoms with Gasteiger partial charge in [-0.25, -0.2) is 4.39 Å². The number of amides is 1. The van der Waals surface area contributed by atoms with E-state index in [4.69, 9.17) is 17.0 Å². The summed E-state index contributed by atoms with van der Waals surface area (Å²) in [6.45, 7) is 3.73. The highest BCUT2D eigenvalue weighted by Gasteiger charge is 2.34. The smallest absolute Gasteiger partial charge is 0.269 e. The number of benzene rings is 1. The number of rotatable bonds is 4. The molecule has 0 radical (unpaired) electrons. The van der Waals surface area contributed by atoms with Gasteiger partial charge < -0.3 is 4.74 Å². The summed E-state index contributed by atoms with van der Waals surface area (Å²) in [6.07, 6.45) is 3.04. The minimum Gasteiger partial charge on any atom is -0.438 e. The lowest BCUT2D eigenvalue weighted by molar-refractivity contribution is -0.123. The Morgan fingerprint density at radius 1 is 1.17 bits per heavy atom. The highest BCUT2D eigenvalue weighted by atomic mass is 32.2. The summed E-state index contributed by atoms with van der Waals surface area (Å²) in [5.74, 6) is -0.350. The van der Waals surface area contributed by atoms with E-state index in [0.717, 1.165) is 11.8 Å². The van der Waals surface area contributed by atoms with Crippen LogP contribution in [-0.2, 0) is 4.79 Å². The van der Waals surface area contributed by atoms with Crippen molar-refractivity contribution in [1.82, 2.24) is 14.3 Å². The fraction of sp³-hybridized carbons (Fsp3) is 0.143. The van der Waals surface area contributed by atoms with Gasteiger partial charge in [0.05, 0.1) is 4.91 Å². The molecule has 1 saturated heterocycles. The molecule has 1 aliphatic rings. The third kappa shape index (κ3) is 3.73. The lowest BCUT2D eigenvalue weighted by atomic mass is 10.2. The standard InChI is InChI=1S/C21H16FN3O3S2/c1-12(2)25-20(27)16(30-21(25)29)11-15-18(28-14-8-6-13(22)7-9-14)23-17-5-3-4-10-24(17)19(15)26/h3-12H,1-2H3/b16-11-. The van der Waals surface area contributed by atoms with Crippen LogP contribution in [0.2, 0.25) is 0 Å². The van der Waals surface area contributed by atoms with E-state index in [1.54, 1.807) is 24.4 Å². The maximum Gasteiger partial charge on any atom is 0.269 e. The van der Waals surface area contributed by atoms with Gasteiger partial charge in [0.15, 0.2) is 0 Å². The van der Waals surface area contributed by atoms with E-state index in [1.165, 1.54) is 39.6 Å². The molecule has 1 aliphatic heterocycles. The van der Waals surface area contributed by atoms with Gasteiger partial charge in [-0.3, -0.25) is 18.9 Å².